The lowest BCUT2D eigenvalue weighted by Crippen LogP contribution is -2.27. The fourth-order valence-electron chi connectivity index (χ4n) is 10.4. The SMILES string of the molecule is CC(C)(C)c1ccc2c(c1)C(O)(c1occc1-c1cccc(N(c3ccc(-n4c5ccccc5c5ccccc54)cc3)c3ccc4sc5ccccc5c4c3)c1)c1cc(C(C)(C)C)ccc1-2. The summed E-state index contributed by atoms with van der Waals surface area (Å²) in [4.78, 5) is 2.35. The number of nitrogens with zero attached hydrogens (tertiary/aromatic N) is 2. The molecule has 0 bridgehead atoms. The van der Waals surface area contributed by atoms with E-state index in [0.29, 0.717) is 5.76 Å². The second kappa shape index (κ2) is 14.7. The molecule has 1 aliphatic carbocycles. The summed E-state index contributed by atoms with van der Waals surface area (Å²) in [5.74, 6) is 0.519. The quantitative estimate of drug-likeness (QED) is 0.181. The zero-order chi connectivity index (χ0) is 45.1. The number of benzene rings is 8. The highest BCUT2D eigenvalue weighted by molar-refractivity contribution is 7.25. The minimum atomic E-state index is -1.53. The summed E-state index contributed by atoms with van der Waals surface area (Å²) in [7, 11) is 0. The fraction of sp³-hybridized carbons (Fsp3) is 0.148. The Labute approximate surface area is 389 Å². The molecule has 11 aromatic rings. The van der Waals surface area contributed by atoms with Gasteiger partial charge in [-0.25, -0.2) is 0 Å². The van der Waals surface area contributed by atoms with Crippen LogP contribution in [0.2, 0.25) is 0 Å². The standard InChI is InChI=1S/C61H50N2O2S/c1-59(2,3)39-22-29-46-47-30-23-40(60(4,5)6)36-53(47)61(64,52(46)35-39)58-45(32-33-65-58)38-14-13-15-43(34-38)62(44-28-31-57-51(37-44)50-18-9-12-21-56(50)66-57)41-24-26-42(27-25-41)63-54-19-10-7-16-48(54)49-17-8-11-20-55(49)63/h7-37,64H,1-6H3. The summed E-state index contributed by atoms with van der Waals surface area (Å²) in [6.45, 7) is 13.3. The average molecular weight is 875 g/mol. The van der Waals surface area contributed by atoms with Crippen molar-refractivity contribution in [3.8, 4) is 27.9 Å². The number of furan rings is 1. The molecule has 8 aromatic carbocycles. The van der Waals surface area contributed by atoms with Gasteiger partial charge in [-0.1, -0.05) is 145 Å². The van der Waals surface area contributed by atoms with Crippen molar-refractivity contribution < 1.29 is 9.52 Å². The van der Waals surface area contributed by atoms with Gasteiger partial charge in [-0.15, -0.1) is 11.3 Å². The van der Waals surface area contributed by atoms with Gasteiger partial charge in [-0.3, -0.25) is 0 Å². The molecule has 3 aromatic heterocycles. The maximum absolute atomic E-state index is 13.6. The molecule has 0 saturated heterocycles. The number of anilines is 3. The molecular formula is C61H50N2O2S. The van der Waals surface area contributed by atoms with Gasteiger partial charge in [-0.05, 0) is 118 Å². The van der Waals surface area contributed by atoms with Crippen molar-refractivity contribution in [3.63, 3.8) is 0 Å². The van der Waals surface area contributed by atoms with Crippen LogP contribution in [0.4, 0.5) is 17.1 Å². The molecule has 322 valence electrons. The molecule has 0 atom stereocenters. The maximum Gasteiger partial charge on any atom is 0.174 e. The Bertz CT molecular complexity index is 3580. The summed E-state index contributed by atoms with van der Waals surface area (Å²) in [5, 5.41) is 18.6. The lowest BCUT2D eigenvalue weighted by Gasteiger charge is -2.29. The number of thiophene rings is 1. The molecule has 0 spiro atoms. The third-order valence-electron chi connectivity index (χ3n) is 13.8. The summed E-state index contributed by atoms with van der Waals surface area (Å²) < 4.78 is 11.5. The van der Waals surface area contributed by atoms with E-state index < -0.39 is 5.60 Å². The van der Waals surface area contributed by atoms with Crippen molar-refractivity contribution in [2.24, 2.45) is 0 Å². The number of para-hydroxylation sites is 2. The van der Waals surface area contributed by atoms with Gasteiger partial charge < -0.3 is 19.0 Å². The van der Waals surface area contributed by atoms with Crippen molar-refractivity contribution in [2.75, 3.05) is 4.90 Å². The molecule has 0 unspecified atom stereocenters. The van der Waals surface area contributed by atoms with Crippen LogP contribution in [0.3, 0.4) is 0 Å². The second-order valence-electron chi connectivity index (χ2n) is 19.9. The van der Waals surface area contributed by atoms with Crippen molar-refractivity contribution in [1.82, 2.24) is 4.57 Å². The largest absolute Gasteiger partial charge is 0.465 e. The van der Waals surface area contributed by atoms with E-state index in [4.69, 9.17) is 4.42 Å². The summed E-state index contributed by atoms with van der Waals surface area (Å²) in [6.07, 6.45) is 1.73. The molecule has 66 heavy (non-hydrogen) atoms. The van der Waals surface area contributed by atoms with E-state index in [2.05, 4.69) is 227 Å². The zero-order valence-electron chi connectivity index (χ0n) is 38.1. The third kappa shape index (κ3) is 6.21. The first-order valence-corrected chi connectivity index (χ1v) is 23.7. The lowest BCUT2D eigenvalue weighted by atomic mass is 9.79. The molecule has 1 aliphatic rings. The summed E-state index contributed by atoms with van der Waals surface area (Å²) >= 11 is 1.83. The molecule has 0 radical (unpaired) electrons. The Morgan fingerprint density at radius 2 is 1.05 bits per heavy atom. The van der Waals surface area contributed by atoms with E-state index in [1.807, 2.05) is 17.4 Å². The summed E-state index contributed by atoms with van der Waals surface area (Å²) in [6, 6.07) is 65.6. The molecule has 0 amide bonds. The Morgan fingerprint density at radius 1 is 0.485 bits per heavy atom. The van der Waals surface area contributed by atoms with Gasteiger partial charge in [0.05, 0.1) is 17.3 Å². The summed E-state index contributed by atoms with van der Waals surface area (Å²) in [5.41, 5.74) is 12.7. The topological polar surface area (TPSA) is 41.5 Å². The first kappa shape index (κ1) is 40.3. The van der Waals surface area contributed by atoms with Crippen LogP contribution in [0.5, 0.6) is 0 Å². The van der Waals surface area contributed by atoms with Gasteiger partial charge in [0.1, 0.15) is 0 Å². The Hall–Kier alpha value is -7.18. The normalized spacial score (nSPS) is 13.5. The third-order valence-corrected chi connectivity index (χ3v) is 15.0. The highest BCUT2D eigenvalue weighted by atomic mass is 32.1. The van der Waals surface area contributed by atoms with Crippen LogP contribution in [-0.2, 0) is 16.4 Å². The maximum atomic E-state index is 13.6. The highest BCUT2D eigenvalue weighted by Crippen LogP contribution is 2.55. The number of fused-ring (bicyclic) bond motifs is 9. The van der Waals surface area contributed by atoms with E-state index >= 15 is 0 Å². The van der Waals surface area contributed by atoms with E-state index in [1.165, 1.54) is 42.0 Å². The van der Waals surface area contributed by atoms with Crippen molar-refractivity contribution in [3.05, 3.63) is 216 Å². The first-order valence-electron chi connectivity index (χ1n) is 22.9. The number of aromatic nitrogens is 1. The van der Waals surface area contributed by atoms with Gasteiger partial charge in [0.15, 0.2) is 11.4 Å². The minimum absolute atomic E-state index is 0.120. The fourth-order valence-corrected chi connectivity index (χ4v) is 11.4. The zero-order valence-corrected chi connectivity index (χ0v) is 38.9. The smallest absolute Gasteiger partial charge is 0.174 e. The molecule has 3 heterocycles. The number of hydrogen-bond acceptors (Lipinski definition) is 4. The minimum Gasteiger partial charge on any atom is -0.465 e. The molecule has 12 rings (SSSR count). The molecule has 1 N–H and O–H groups in total. The van der Waals surface area contributed by atoms with Gasteiger partial charge in [0.2, 0.25) is 0 Å². The second-order valence-corrected chi connectivity index (χ2v) is 21.0. The monoisotopic (exact) mass is 874 g/mol. The number of rotatable bonds is 6. The Kier molecular flexibility index (Phi) is 8.96. The molecular weight excluding hydrogens is 825 g/mol. The van der Waals surface area contributed by atoms with Crippen LogP contribution in [0.1, 0.15) is 69.6 Å². The van der Waals surface area contributed by atoms with Crippen LogP contribution in [-0.4, -0.2) is 9.67 Å². The molecule has 0 aliphatic heterocycles. The predicted molar refractivity (Wildman–Crippen MR) is 277 cm³/mol. The highest BCUT2D eigenvalue weighted by Gasteiger charge is 2.48. The van der Waals surface area contributed by atoms with E-state index in [-0.39, 0.29) is 10.8 Å². The first-order chi connectivity index (χ1) is 31.9. The number of hydrogen-bond donors (Lipinski definition) is 1. The van der Waals surface area contributed by atoms with Crippen molar-refractivity contribution in [1.29, 1.82) is 0 Å². The van der Waals surface area contributed by atoms with E-state index in [9.17, 15) is 5.11 Å². The number of aliphatic hydroxyl groups is 1. The molecule has 5 heteroatoms. The van der Waals surface area contributed by atoms with Gasteiger partial charge in [0.25, 0.3) is 0 Å². The van der Waals surface area contributed by atoms with E-state index in [1.54, 1.807) is 6.26 Å². The van der Waals surface area contributed by atoms with E-state index in [0.717, 1.165) is 67.3 Å². The lowest BCUT2D eigenvalue weighted by molar-refractivity contribution is 0.104. The Balaban J connectivity index is 1.03. The van der Waals surface area contributed by atoms with Crippen LogP contribution < -0.4 is 4.90 Å². The van der Waals surface area contributed by atoms with Crippen LogP contribution in [0.15, 0.2) is 193 Å². The molecule has 0 saturated carbocycles. The van der Waals surface area contributed by atoms with Crippen LogP contribution >= 0.6 is 11.3 Å². The van der Waals surface area contributed by atoms with Gasteiger partial charge in [-0.2, -0.15) is 0 Å². The van der Waals surface area contributed by atoms with Gasteiger partial charge >= 0.3 is 0 Å². The Morgan fingerprint density at radius 3 is 1.68 bits per heavy atom. The van der Waals surface area contributed by atoms with Crippen LogP contribution in [0.25, 0.3) is 69.9 Å². The predicted octanol–water partition coefficient (Wildman–Crippen LogP) is 16.7. The van der Waals surface area contributed by atoms with Crippen molar-refractivity contribution >= 4 is 70.4 Å². The van der Waals surface area contributed by atoms with Crippen molar-refractivity contribution in [2.45, 2.75) is 58.0 Å². The molecule has 4 nitrogen and oxygen atoms in total. The van der Waals surface area contributed by atoms with Crippen LogP contribution in [0, 0.1) is 0 Å². The average Bonchev–Trinajstić information content (AvgIpc) is 4.10. The van der Waals surface area contributed by atoms with Gasteiger partial charge in [0, 0.05) is 70.4 Å². The molecule has 0 fully saturated rings.